The summed E-state index contributed by atoms with van der Waals surface area (Å²) in [5.74, 6) is 0.750. The van der Waals surface area contributed by atoms with E-state index in [1.165, 1.54) is 0 Å². The van der Waals surface area contributed by atoms with E-state index in [2.05, 4.69) is 22.5 Å². The molecular weight excluding hydrogens is 361 g/mol. The smallest absolute Gasteiger partial charge is 0.191 e. The van der Waals surface area contributed by atoms with Crippen molar-refractivity contribution in [1.82, 2.24) is 10.6 Å². The van der Waals surface area contributed by atoms with Crippen molar-refractivity contribution in [2.45, 2.75) is 31.2 Å². The highest BCUT2D eigenvalue weighted by Crippen LogP contribution is 2.39. The molecule has 5 nitrogen and oxygen atoms in total. The predicted octanol–water partition coefficient (Wildman–Crippen LogP) is 3.24. The number of guanidine groups is 1. The number of methoxy groups -OCH3 is 1. The second kappa shape index (κ2) is 9.62. The van der Waals surface area contributed by atoms with E-state index in [1.54, 1.807) is 14.2 Å². The van der Waals surface area contributed by atoms with E-state index in [1.807, 2.05) is 18.2 Å². The summed E-state index contributed by atoms with van der Waals surface area (Å²) in [7, 11) is 3.45. The van der Waals surface area contributed by atoms with Crippen LogP contribution in [0.5, 0.6) is 0 Å². The summed E-state index contributed by atoms with van der Waals surface area (Å²) in [6, 6.07) is 5.90. The minimum atomic E-state index is -0.109. The van der Waals surface area contributed by atoms with Gasteiger partial charge >= 0.3 is 0 Å². The van der Waals surface area contributed by atoms with Crippen LogP contribution in [-0.2, 0) is 14.9 Å². The summed E-state index contributed by atoms with van der Waals surface area (Å²) in [6.45, 7) is 4.82. The molecule has 0 bridgehead atoms. The van der Waals surface area contributed by atoms with E-state index in [4.69, 9.17) is 32.7 Å². The van der Waals surface area contributed by atoms with Gasteiger partial charge in [0, 0.05) is 55.4 Å². The molecule has 0 amide bonds. The lowest BCUT2D eigenvalue weighted by Crippen LogP contribution is -2.50. The first kappa shape index (κ1) is 20.3. The summed E-state index contributed by atoms with van der Waals surface area (Å²) in [6.07, 6.45) is 1.79. The molecule has 1 aliphatic heterocycles. The molecule has 25 heavy (non-hydrogen) atoms. The molecule has 7 heteroatoms. The maximum atomic E-state index is 6.51. The lowest BCUT2D eigenvalue weighted by atomic mass is 9.74. The topological polar surface area (TPSA) is 54.9 Å². The second-order valence-electron chi connectivity index (χ2n) is 6.44. The summed E-state index contributed by atoms with van der Waals surface area (Å²) >= 11 is 12.6. The maximum Gasteiger partial charge on any atom is 0.191 e. The Morgan fingerprint density at radius 2 is 2.08 bits per heavy atom. The molecule has 1 unspecified atom stereocenters. The van der Waals surface area contributed by atoms with Crippen LogP contribution in [0.1, 0.15) is 25.3 Å². The molecule has 2 rings (SSSR count). The lowest BCUT2D eigenvalue weighted by molar-refractivity contribution is 0.0514. The number of halogens is 2. The lowest BCUT2D eigenvalue weighted by Gasteiger charge is -2.39. The minimum absolute atomic E-state index is 0.109. The van der Waals surface area contributed by atoms with Crippen LogP contribution < -0.4 is 10.6 Å². The molecule has 1 fully saturated rings. The van der Waals surface area contributed by atoms with Crippen LogP contribution in [0.3, 0.4) is 0 Å². The summed E-state index contributed by atoms with van der Waals surface area (Å²) in [4.78, 5) is 4.31. The molecule has 1 atom stereocenters. The van der Waals surface area contributed by atoms with Gasteiger partial charge in [-0.3, -0.25) is 4.99 Å². The summed E-state index contributed by atoms with van der Waals surface area (Å²) < 4.78 is 10.7. The van der Waals surface area contributed by atoms with Gasteiger partial charge in [-0.25, -0.2) is 0 Å². The molecule has 0 aromatic heterocycles. The monoisotopic (exact) mass is 387 g/mol. The maximum absolute atomic E-state index is 6.51. The number of nitrogens with zero attached hydrogens (tertiary/aromatic N) is 1. The van der Waals surface area contributed by atoms with Crippen molar-refractivity contribution in [2.24, 2.45) is 4.99 Å². The molecule has 1 aromatic rings. The number of hydrogen-bond donors (Lipinski definition) is 2. The fraction of sp³-hybridized carbons (Fsp3) is 0.611. The molecule has 2 N–H and O–H groups in total. The van der Waals surface area contributed by atoms with Crippen molar-refractivity contribution in [1.29, 1.82) is 0 Å². The number of benzene rings is 1. The van der Waals surface area contributed by atoms with Crippen molar-refractivity contribution in [2.75, 3.05) is 40.5 Å². The fourth-order valence-electron chi connectivity index (χ4n) is 3.20. The van der Waals surface area contributed by atoms with Gasteiger partial charge < -0.3 is 20.1 Å². The Morgan fingerprint density at radius 1 is 1.36 bits per heavy atom. The zero-order valence-corrected chi connectivity index (χ0v) is 16.6. The number of aliphatic imine (C=N–C) groups is 1. The van der Waals surface area contributed by atoms with Crippen molar-refractivity contribution < 1.29 is 9.47 Å². The summed E-state index contributed by atoms with van der Waals surface area (Å²) in [5, 5.41) is 8.12. The van der Waals surface area contributed by atoms with Gasteiger partial charge in [0.1, 0.15) is 0 Å². The standard InChI is InChI=1S/C18H27Cl2N3O2/c1-13(11-24-3)23-17(21-2)22-12-18(6-8-25-9-7-18)15-5-4-14(19)10-16(15)20/h4-5,10,13H,6-9,11-12H2,1-3H3,(H2,21,22,23). The molecule has 1 heterocycles. The van der Waals surface area contributed by atoms with Crippen LogP contribution in [0.15, 0.2) is 23.2 Å². The van der Waals surface area contributed by atoms with E-state index < -0.39 is 0 Å². The van der Waals surface area contributed by atoms with Crippen molar-refractivity contribution in [3.8, 4) is 0 Å². The van der Waals surface area contributed by atoms with E-state index in [9.17, 15) is 0 Å². The van der Waals surface area contributed by atoms with E-state index in [0.29, 0.717) is 29.9 Å². The van der Waals surface area contributed by atoms with Gasteiger partial charge in [-0.2, -0.15) is 0 Å². The van der Waals surface area contributed by atoms with Gasteiger partial charge in [-0.1, -0.05) is 29.3 Å². The second-order valence-corrected chi connectivity index (χ2v) is 7.29. The quantitative estimate of drug-likeness (QED) is 0.580. The van der Waals surface area contributed by atoms with Crippen molar-refractivity contribution >= 4 is 29.2 Å². The minimum Gasteiger partial charge on any atom is -0.383 e. The molecule has 0 saturated carbocycles. The van der Waals surface area contributed by atoms with Crippen LogP contribution in [0.25, 0.3) is 0 Å². The number of hydrogen-bond acceptors (Lipinski definition) is 3. The Labute approximate surface area is 160 Å². The Balaban J connectivity index is 2.15. The highest BCUT2D eigenvalue weighted by Gasteiger charge is 2.36. The van der Waals surface area contributed by atoms with Crippen molar-refractivity contribution in [3.05, 3.63) is 33.8 Å². The molecule has 0 radical (unpaired) electrons. The zero-order valence-electron chi connectivity index (χ0n) is 15.1. The Morgan fingerprint density at radius 3 is 2.68 bits per heavy atom. The van der Waals surface area contributed by atoms with Gasteiger partial charge in [-0.05, 0) is 37.5 Å². The first-order valence-electron chi connectivity index (χ1n) is 8.50. The number of rotatable bonds is 6. The van der Waals surface area contributed by atoms with Crippen LogP contribution >= 0.6 is 23.2 Å². The average molecular weight is 388 g/mol. The fourth-order valence-corrected chi connectivity index (χ4v) is 3.80. The third-order valence-corrected chi connectivity index (χ3v) is 5.12. The van der Waals surface area contributed by atoms with Crippen LogP contribution in [0, 0.1) is 0 Å². The van der Waals surface area contributed by atoms with E-state index in [0.717, 1.165) is 30.9 Å². The zero-order chi connectivity index (χ0) is 18.3. The number of nitrogens with one attached hydrogen (secondary N) is 2. The third-order valence-electron chi connectivity index (χ3n) is 4.57. The first-order valence-corrected chi connectivity index (χ1v) is 9.26. The predicted molar refractivity (Wildman–Crippen MR) is 104 cm³/mol. The van der Waals surface area contributed by atoms with E-state index in [-0.39, 0.29) is 11.5 Å². The highest BCUT2D eigenvalue weighted by molar-refractivity contribution is 6.35. The van der Waals surface area contributed by atoms with Crippen molar-refractivity contribution in [3.63, 3.8) is 0 Å². The molecule has 140 valence electrons. The van der Waals surface area contributed by atoms with Gasteiger partial charge in [0.25, 0.3) is 0 Å². The Hall–Kier alpha value is -1.01. The molecule has 0 aliphatic carbocycles. The normalized spacial score (nSPS) is 18.7. The van der Waals surface area contributed by atoms with Gasteiger partial charge in [0.05, 0.1) is 6.61 Å². The third kappa shape index (κ3) is 5.48. The molecular formula is C18H27Cl2N3O2. The first-order chi connectivity index (χ1) is 12.0. The summed E-state index contributed by atoms with van der Waals surface area (Å²) in [5.41, 5.74) is 0.997. The molecule has 1 saturated heterocycles. The number of ether oxygens (including phenoxy) is 2. The average Bonchev–Trinajstić information content (AvgIpc) is 2.59. The van der Waals surface area contributed by atoms with Crippen LogP contribution in [-0.4, -0.2) is 52.5 Å². The van der Waals surface area contributed by atoms with Crippen LogP contribution in [0.2, 0.25) is 10.0 Å². The van der Waals surface area contributed by atoms with E-state index >= 15 is 0 Å². The Bertz CT molecular complexity index is 590. The molecule has 1 aliphatic rings. The van der Waals surface area contributed by atoms with Gasteiger partial charge in [0.2, 0.25) is 0 Å². The highest BCUT2D eigenvalue weighted by atomic mass is 35.5. The molecule has 0 spiro atoms. The Kier molecular flexibility index (Phi) is 7.81. The van der Waals surface area contributed by atoms with Gasteiger partial charge in [0.15, 0.2) is 5.96 Å². The van der Waals surface area contributed by atoms with Gasteiger partial charge in [-0.15, -0.1) is 0 Å². The molecule has 1 aromatic carbocycles. The SMILES string of the molecule is CN=C(NCC1(c2ccc(Cl)cc2Cl)CCOCC1)NC(C)COC. The van der Waals surface area contributed by atoms with Crippen LogP contribution in [0.4, 0.5) is 0 Å². The largest absolute Gasteiger partial charge is 0.383 e.